The Hall–Kier alpha value is -1.83. The van der Waals surface area contributed by atoms with E-state index in [4.69, 9.17) is 14.2 Å². The molecular formula is C24H37N3O4. The molecule has 0 saturated carbocycles. The van der Waals surface area contributed by atoms with Crippen molar-refractivity contribution >= 4 is 5.91 Å². The van der Waals surface area contributed by atoms with Gasteiger partial charge in [0.1, 0.15) is 0 Å². The summed E-state index contributed by atoms with van der Waals surface area (Å²) < 4.78 is 16.3. The maximum Gasteiger partial charge on any atom is 0.231 e. The number of morpholine rings is 1. The fourth-order valence-electron chi connectivity index (χ4n) is 5.11. The fourth-order valence-corrected chi connectivity index (χ4v) is 5.11. The molecule has 7 heteroatoms. The lowest BCUT2D eigenvalue weighted by Gasteiger charge is -2.45. The number of piperidine rings is 1. The lowest BCUT2D eigenvalue weighted by molar-refractivity contribution is -0.121. The van der Waals surface area contributed by atoms with Crippen molar-refractivity contribution in [1.29, 1.82) is 0 Å². The molecule has 1 aromatic rings. The molecule has 0 radical (unpaired) electrons. The molecule has 0 bridgehead atoms. The van der Waals surface area contributed by atoms with Gasteiger partial charge in [0.15, 0.2) is 11.5 Å². The van der Waals surface area contributed by atoms with Gasteiger partial charge < -0.3 is 24.4 Å². The van der Waals surface area contributed by atoms with E-state index in [2.05, 4.69) is 29.0 Å². The molecule has 2 fully saturated rings. The highest BCUT2D eigenvalue weighted by Gasteiger charge is 2.34. The molecule has 0 aromatic heterocycles. The Morgan fingerprint density at radius 2 is 1.97 bits per heavy atom. The van der Waals surface area contributed by atoms with Crippen LogP contribution in [0.2, 0.25) is 0 Å². The topological polar surface area (TPSA) is 63.3 Å². The number of ether oxygens (including phenoxy) is 3. The van der Waals surface area contributed by atoms with Crippen molar-refractivity contribution in [1.82, 2.24) is 15.1 Å². The largest absolute Gasteiger partial charge is 0.454 e. The van der Waals surface area contributed by atoms with Crippen LogP contribution >= 0.6 is 0 Å². The van der Waals surface area contributed by atoms with Gasteiger partial charge in [-0.25, -0.2) is 0 Å². The second-order valence-corrected chi connectivity index (χ2v) is 9.42. The smallest absolute Gasteiger partial charge is 0.231 e. The van der Waals surface area contributed by atoms with E-state index in [9.17, 15) is 4.79 Å². The van der Waals surface area contributed by atoms with E-state index in [1.165, 1.54) is 6.42 Å². The molecule has 3 aliphatic heterocycles. The Balaban J connectivity index is 1.29. The van der Waals surface area contributed by atoms with Gasteiger partial charge in [0.05, 0.1) is 13.2 Å². The molecule has 2 atom stereocenters. The number of rotatable bonds is 8. The van der Waals surface area contributed by atoms with Crippen molar-refractivity contribution in [2.75, 3.05) is 52.7 Å². The van der Waals surface area contributed by atoms with Crippen molar-refractivity contribution in [3.8, 4) is 11.5 Å². The lowest BCUT2D eigenvalue weighted by atomic mass is 9.86. The van der Waals surface area contributed by atoms with Gasteiger partial charge in [-0.1, -0.05) is 19.9 Å². The number of nitrogens with zero attached hydrogens (tertiary/aromatic N) is 2. The van der Waals surface area contributed by atoms with Gasteiger partial charge in [0.25, 0.3) is 0 Å². The van der Waals surface area contributed by atoms with Crippen LogP contribution in [-0.2, 0) is 16.1 Å². The van der Waals surface area contributed by atoms with Gasteiger partial charge in [0.2, 0.25) is 12.7 Å². The zero-order valence-electron chi connectivity index (χ0n) is 19.0. The van der Waals surface area contributed by atoms with Crippen molar-refractivity contribution in [3.05, 3.63) is 23.8 Å². The standard InChI is InChI=1S/C24H37N3O4/c1-18(2)15-26-8-7-21(27-9-11-29-12-10-27)20(16-26)4-6-24(28)25-14-19-3-5-22-23(13-19)31-17-30-22/h3,5,13,18,20-21H,4,6-12,14-17H2,1-2H3,(H,25,28)/t20-,21+/m0/s1. The lowest BCUT2D eigenvalue weighted by Crippen LogP contribution is -2.54. The fraction of sp³-hybridized carbons (Fsp3) is 0.708. The molecule has 31 heavy (non-hydrogen) atoms. The van der Waals surface area contributed by atoms with Crippen LogP contribution in [0.4, 0.5) is 0 Å². The average molecular weight is 432 g/mol. The highest BCUT2D eigenvalue weighted by molar-refractivity contribution is 5.75. The summed E-state index contributed by atoms with van der Waals surface area (Å²) in [5.74, 6) is 2.85. The van der Waals surface area contributed by atoms with Crippen LogP contribution in [0, 0.1) is 11.8 Å². The summed E-state index contributed by atoms with van der Waals surface area (Å²) in [6, 6.07) is 6.39. The maximum atomic E-state index is 12.6. The molecule has 0 unspecified atom stereocenters. The van der Waals surface area contributed by atoms with E-state index in [0.717, 1.165) is 69.4 Å². The van der Waals surface area contributed by atoms with Crippen LogP contribution in [0.3, 0.4) is 0 Å². The molecular weight excluding hydrogens is 394 g/mol. The first-order chi connectivity index (χ1) is 15.1. The first-order valence-corrected chi connectivity index (χ1v) is 11.8. The van der Waals surface area contributed by atoms with Crippen molar-refractivity contribution in [3.63, 3.8) is 0 Å². The second-order valence-electron chi connectivity index (χ2n) is 9.42. The van der Waals surface area contributed by atoms with E-state index in [-0.39, 0.29) is 12.7 Å². The quantitative estimate of drug-likeness (QED) is 0.682. The molecule has 0 spiro atoms. The summed E-state index contributed by atoms with van der Waals surface area (Å²) in [4.78, 5) is 17.8. The Morgan fingerprint density at radius 3 is 2.77 bits per heavy atom. The molecule has 172 valence electrons. The van der Waals surface area contributed by atoms with Crippen LogP contribution in [-0.4, -0.2) is 74.5 Å². The Bertz CT molecular complexity index is 736. The van der Waals surface area contributed by atoms with Gasteiger partial charge in [-0.2, -0.15) is 0 Å². The summed E-state index contributed by atoms with van der Waals surface area (Å²) in [6.45, 7) is 12.4. The molecule has 3 heterocycles. The molecule has 4 rings (SSSR count). The van der Waals surface area contributed by atoms with Gasteiger partial charge in [-0.05, 0) is 48.9 Å². The monoisotopic (exact) mass is 431 g/mol. The van der Waals surface area contributed by atoms with E-state index >= 15 is 0 Å². The SMILES string of the molecule is CC(C)CN1CC[C@@H](N2CCOCC2)[C@@H](CCC(=O)NCc2ccc3c(c2)OCO3)C1. The molecule has 0 aliphatic carbocycles. The number of benzene rings is 1. The molecule has 3 aliphatic rings. The van der Waals surface area contributed by atoms with E-state index < -0.39 is 0 Å². The normalized spacial score (nSPS) is 24.5. The van der Waals surface area contributed by atoms with E-state index in [1.54, 1.807) is 0 Å². The minimum absolute atomic E-state index is 0.124. The van der Waals surface area contributed by atoms with Gasteiger partial charge >= 0.3 is 0 Å². The van der Waals surface area contributed by atoms with Gasteiger partial charge in [0, 0.05) is 45.2 Å². The number of hydrogen-bond donors (Lipinski definition) is 1. The first kappa shape index (κ1) is 22.4. The Morgan fingerprint density at radius 1 is 1.16 bits per heavy atom. The number of hydrogen-bond acceptors (Lipinski definition) is 6. The van der Waals surface area contributed by atoms with Crippen LogP contribution in [0.15, 0.2) is 18.2 Å². The third kappa shape index (κ3) is 6.11. The van der Waals surface area contributed by atoms with Crippen LogP contribution in [0.1, 0.15) is 38.7 Å². The number of amides is 1. The second kappa shape index (κ2) is 10.7. The summed E-state index contributed by atoms with van der Waals surface area (Å²) >= 11 is 0. The molecule has 1 N–H and O–H groups in total. The number of fused-ring (bicyclic) bond motifs is 1. The number of carbonyl (C=O) groups excluding carboxylic acids is 1. The summed E-state index contributed by atoms with van der Waals surface area (Å²) in [5, 5.41) is 3.09. The zero-order chi connectivity index (χ0) is 21.6. The van der Waals surface area contributed by atoms with Crippen molar-refractivity contribution < 1.29 is 19.0 Å². The van der Waals surface area contributed by atoms with Crippen LogP contribution in [0.25, 0.3) is 0 Å². The maximum absolute atomic E-state index is 12.6. The molecule has 1 aromatic carbocycles. The average Bonchev–Trinajstić information content (AvgIpc) is 3.24. The summed E-state index contributed by atoms with van der Waals surface area (Å²) in [5.41, 5.74) is 1.03. The highest BCUT2D eigenvalue weighted by atomic mass is 16.7. The van der Waals surface area contributed by atoms with Gasteiger partial charge in [-0.3, -0.25) is 9.69 Å². The summed E-state index contributed by atoms with van der Waals surface area (Å²) in [6.07, 6.45) is 2.70. The predicted octanol–water partition coefficient (Wildman–Crippen LogP) is 2.49. The molecule has 7 nitrogen and oxygen atoms in total. The number of likely N-dealkylation sites (tertiary alicyclic amines) is 1. The zero-order valence-corrected chi connectivity index (χ0v) is 19.0. The van der Waals surface area contributed by atoms with E-state index in [1.807, 2.05) is 18.2 Å². The van der Waals surface area contributed by atoms with Gasteiger partial charge in [-0.15, -0.1) is 0 Å². The third-order valence-corrected chi connectivity index (χ3v) is 6.58. The number of carbonyl (C=O) groups is 1. The Labute approximate surface area is 186 Å². The third-order valence-electron chi connectivity index (χ3n) is 6.58. The minimum atomic E-state index is 0.124. The first-order valence-electron chi connectivity index (χ1n) is 11.8. The molecule has 2 saturated heterocycles. The van der Waals surface area contributed by atoms with Crippen molar-refractivity contribution in [2.45, 2.75) is 45.7 Å². The molecule has 1 amide bonds. The van der Waals surface area contributed by atoms with Crippen LogP contribution in [0.5, 0.6) is 11.5 Å². The van der Waals surface area contributed by atoms with E-state index in [0.29, 0.717) is 30.8 Å². The summed E-state index contributed by atoms with van der Waals surface area (Å²) in [7, 11) is 0. The Kier molecular flexibility index (Phi) is 7.69. The predicted molar refractivity (Wildman–Crippen MR) is 119 cm³/mol. The highest BCUT2D eigenvalue weighted by Crippen LogP contribution is 2.32. The van der Waals surface area contributed by atoms with Crippen LogP contribution < -0.4 is 14.8 Å². The van der Waals surface area contributed by atoms with Crippen molar-refractivity contribution in [2.24, 2.45) is 11.8 Å². The minimum Gasteiger partial charge on any atom is -0.454 e. The number of nitrogens with one attached hydrogen (secondary N) is 1.